The van der Waals surface area contributed by atoms with Crippen molar-refractivity contribution in [3.63, 3.8) is 0 Å². The van der Waals surface area contributed by atoms with E-state index in [0.717, 1.165) is 4.47 Å². The van der Waals surface area contributed by atoms with Gasteiger partial charge in [-0.15, -0.1) is 0 Å². The zero-order valence-corrected chi connectivity index (χ0v) is 12.7. The first kappa shape index (κ1) is 14.5. The molecule has 19 heavy (non-hydrogen) atoms. The minimum Gasteiger partial charge on any atom is -0.385 e. The van der Waals surface area contributed by atoms with Crippen LogP contribution in [0.1, 0.15) is 18.1 Å². The van der Waals surface area contributed by atoms with Gasteiger partial charge in [-0.2, -0.15) is 0 Å². The van der Waals surface area contributed by atoms with E-state index in [0.29, 0.717) is 16.1 Å². The molecule has 0 aliphatic rings. The van der Waals surface area contributed by atoms with Gasteiger partial charge in [0, 0.05) is 21.5 Å². The molecule has 0 aromatic heterocycles. The van der Waals surface area contributed by atoms with Gasteiger partial charge in [-0.1, -0.05) is 51.8 Å². The van der Waals surface area contributed by atoms with E-state index in [4.69, 9.17) is 11.6 Å². The topological polar surface area (TPSA) is 20.2 Å². The van der Waals surface area contributed by atoms with E-state index < -0.39 is 5.60 Å². The maximum atomic E-state index is 13.6. The highest BCUT2D eigenvalue weighted by Gasteiger charge is 2.27. The minimum atomic E-state index is -1.22. The van der Waals surface area contributed by atoms with Crippen molar-refractivity contribution in [3.8, 4) is 0 Å². The predicted molar refractivity (Wildman–Crippen MR) is 78.8 cm³/mol. The Morgan fingerprint density at radius 1 is 1.26 bits per heavy atom. The summed E-state index contributed by atoms with van der Waals surface area (Å²) in [7, 11) is 0. The Bertz CT molecular complexity index is 598. The van der Waals surface area contributed by atoms with Crippen molar-refractivity contribution in [2.24, 2.45) is 0 Å². The Morgan fingerprint density at radius 3 is 2.58 bits per heavy atom. The molecule has 0 aliphatic heterocycles. The predicted octanol–water partition coefficient (Wildman–Crippen LogP) is 4.69. The first-order valence-electron chi connectivity index (χ1n) is 5.81. The molecule has 0 heterocycles. The van der Waals surface area contributed by atoms with Gasteiger partial charge >= 0.3 is 0 Å². The van der Waals surface area contributed by atoms with Crippen LogP contribution in [-0.2, 0) is 12.0 Å². The second-order valence-corrected chi connectivity index (χ2v) is 5.99. The van der Waals surface area contributed by atoms with E-state index >= 15 is 0 Å². The van der Waals surface area contributed by atoms with Crippen LogP contribution in [0.3, 0.4) is 0 Å². The number of hydrogen-bond donors (Lipinski definition) is 1. The molecular formula is C15H13BrClFO. The van der Waals surface area contributed by atoms with Gasteiger partial charge in [-0.3, -0.25) is 0 Å². The number of rotatable bonds is 3. The number of benzene rings is 2. The molecule has 0 aliphatic carbocycles. The molecule has 0 saturated carbocycles. The van der Waals surface area contributed by atoms with Gasteiger partial charge in [0.1, 0.15) is 5.82 Å². The molecule has 0 amide bonds. The van der Waals surface area contributed by atoms with Gasteiger partial charge in [0.25, 0.3) is 0 Å². The summed E-state index contributed by atoms with van der Waals surface area (Å²) >= 11 is 9.45. The standard InChI is InChI=1S/C15H13BrClFO/c1-15(19,9-10-4-2-3-5-14(10)18)12-7-6-11(16)8-13(12)17/h2-8,19H,9H2,1H3. The molecular weight excluding hydrogens is 331 g/mol. The van der Waals surface area contributed by atoms with Crippen LogP contribution in [0.5, 0.6) is 0 Å². The summed E-state index contributed by atoms with van der Waals surface area (Å²) < 4.78 is 14.5. The van der Waals surface area contributed by atoms with Crippen molar-refractivity contribution in [3.05, 3.63) is 68.9 Å². The Hall–Kier alpha value is -0.900. The summed E-state index contributed by atoms with van der Waals surface area (Å²) in [5, 5.41) is 11.0. The molecule has 0 fully saturated rings. The van der Waals surface area contributed by atoms with Crippen molar-refractivity contribution in [1.29, 1.82) is 0 Å². The van der Waals surface area contributed by atoms with Crippen molar-refractivity contribution < 1.29 is 9.50 Å². The van der Waals surface area contributed by atoms with Crippen molar-refractivity contribution in [2.75, 3.05) is 0 Å². The maximum Gasteiger partial charge on any atom is 0.126 e. The van der Waals surface area contributed by atoms with Crippen LogP contribution in [-0.4, -0.2) is 5.11 Å². The Balaban J connectivity index is 2.35. The smallest absolute Gasteiger partial charge is 0.126 e. The second-order valence-electron chi connectivity index (χ2n) is 4.67. The van der Waals surface area contributed by atoms with Crippen LogP contribution < -0.4 is 0 Å². The quantitative estimate of drug-likeness (QED) is 0.857. The largest absolute Gasteiger partial charge is 0.385 e. The van der Waals surface area contributed by atoms with Crippen LogP contribution in [0.15, 0.2) is 46.9 Å². The molecule has 1 unspecified atom stereocenters. The maximum absolute atomic E-state index is 13.6. The summed E-state index contributed by atoms with van der Waals surface area (Å²) in [6.07, 6.45) is 0.168. The lowest BCUT2D eigenvalue weighted by atomic mass is 9.89. The number of halogens is 3. The van der Waals surface area contributed by atoms with E-state index in [2.05, 4.69) is 15.9 Å². The molecule has 100 valence electrons. The second kappa shape index (κ2) is 5.61. The normalized spacial score (nSPS) is 14.2. The lowest BCUT2D eigenvalue weighted by molar-refractivity contribution is 0.0568. The van der Waals surface area contributed by atoms with Crippen LogP contribution in [0.2, 0.25) is 5.02 Å². The van der Waals surface area contributed by atoms with Gasteiger partial charge in [0.15, 0.2) is 0 Å². The summed E-state index contributed by atoms with van der Waals surface area (Å²) in [5.74, 6) is -0.323. The van der Waals surface area contributed by atoms with Crippen molar-refractivity contribution in [2.45, 2.75) is 18.9 Å². The van der Waals surface area contributed by atoms with Gasteiger partial charge < -0.3 is 5.11 Å². The fraction of sp³-hybridized carbons (Fsp3) is 0.200. The summed E-state index contributed by atoms with van der Waals surface area (Å²) in [5.41, 5.74) is -0.174. The highest BCUT2D eigenvalue weighted by molar-refractivity contribution is 9.10. The van der Waals surface area contributed by atoms with Gasteiger partial charge in [0.2, 0.25) is 0 Å². The van der Waals surface area contributed by atoms with E-state index in [9.17, 15) is 9.50 Å². The van der Waals surface area contributed by atoms with Crippen LogP contribution in [0.25, 0.3) is 0 Å². The molecule has 4 heteroatoms. The fourth-order valence-corrected chi connectivity index (χ4v) is 2.91. The third-order valence-electron chi connectivity index (χ3n) is 3.00. The van der Waals surface area contributed by atoms with Crippen molar-refractivity contribution in [1.82, 2.24) is 0 Å². The molecule has 1 nitrogen and oxygen atoms in total. The van der Waals surface area contributed by atoms with Gasteiger partial charge in [-0.05, 0) is 30.7 Å². The lowest BCUT2D eigenvalue weighted by Crippen LogP contribution is -2.25. The Morgan fingerprint density at radius 2 is 1.95 bits per heavy atom. The number of aliphatic hydroxyl groups is 1. The third-order valence-corrected chi connectivity index (χ3v) is 3.81. The molecule has 0 saturated heterocycles. The molecule has 0 radical (unpaired) electrons. The zero-order chi connectivity index (χ0) is 14.0. The van der Waals surface area contributed by atoms with Crippen molar-refractivity contribution >= 4 is 27.5 Å². The van der Waals surface area contributed by atoms with Gasteiger partial charge in [0.05, 0.1) is 5.60 Å². The van der Waals surface area contributed by atoms with Crippen LogP contribution in [0, 0.1) is 5.82 Å². The molecule has 2 aromatic rings. The van der Waals surface area contributed by atoms with E-state index in [1.165, 1.54) is 6.07 Å². The van der Waals surface area contributed by atoms with E-state index in [-0.39, 0.29) is 12.2 Å². The van der Waals surface area contributed by atoms with Gasteiger partial charge in [-0.25, -0.2) is 4.39 Å². The van der Waals surface area contributed by atoms with E-state index in [1.807, 2.05) is 0 Å². The molecule has 2 rings (SSSR count). The average molecular weight is 344 g/mol. The number of hydrogen-bond acceptors (Lipinski definition) is 1. The average Bonchev–Trinajstić information content (AvgIpc) is 2.31. The van der Waals surface area contributed by atoms with Crippen LogP contribution in [0.4, 0.5) is 4.39 Å². The molecule has 0 spiro atoms. The molecule has 2 aromatic carbocycles. The highest BCUT2D eigenvalue weighted by Crippen LogP contribution is 2.33. The fourth-order valence-electron chi connectivity index (χ4n) is 2.03. The SMILES string of the molecule is CC(O)(Cc1ccccc1F)c1ccc(Br)cc1Cl. The summed E-state index contributed by atoms with van der Waals surface area (Å²) in [6.45, 7) is 1.63. The molecule has 1 atom stereocenters. The summed E-state index contributed by atoms with van der Waals surface area (Å²) in [6, 6.07) is 11.7. The molecule has 1 N–H and O–H groups in total. The molecule has 0 bridgehead atoms. The van der Waals surface area contributed by atoms with E-state index in [1.54, 1.807) is 43.3 Å². The monoisotopic (exact) mass is 342 g/mol. The highest BCUT2D eigenvalue weighted by atomic mass is 79.9. The minimum absolute atomic E-state index is 0.168. The third kappa shape index (κ3) is 3.35. The zero-order valence-electron chi connectivity index (χ0n) is 10.3. The summed E-state index contributed by atoms with van der Waals surface area (Å²) in [4.78, 5) is 0. The first-order valence-corrected chi connectivity index (χ1v) is 6.98. The Kier molecular flexibility index (Phi) is 4.29. The first-order chi connectivity index (χ1) is 8.90. The lowest BCUT2D eigenvalue weighted by Gasteiger charge is -2.25. The van der Waals surface area contributed by atoms with Crippen LogP contribution >= 0.6 is 27.5 Å². The Labute approximate surface area is 125 Å².